The molecule has 0 radical (unpaired) electrons. The number of ether oxygens (including phenoxy) is 1. The van der Waals surface area contributed by atoms with Crippen LogP contribution in [0.25, 0.3) is 5.69 Å². The first-order valence-electron chi connectivity index (χ1n) is 15.3. The van der Waals surface area contributed by atoms with Gasteiger partial charge in [-0.05, 0) is 80.0 Å². The predicted octanol–water partition coefficient (Wildman–Crippen LogP) is 4.20. The number of hydrogen-bond donors (Lipinski definition) is 2. The second-order valence-electron chi connectivity index (χ2n) is 12.4. The highest BCUT2D eigenvalue weighted by atomic mass is 35.5. The number of rotatable bonds is 8. The summed E-state index contributed by atoms with van der Waals surface area (Å²) in [6, 6.07) is 19.9. The Bertz CT molecular complexity index is 1800. The van der Waals surface area contributed by atoms with E-state index >= 15 is 0 Å². The number of aryl methyl sites for hydroxylation is 1. The summed E-state index contributed by atoms with van der Waals surface area (Å²) in [5.74, 6) is 1.90. The Morgan fingerprint density at radius 1 is 1.07 bits per heavy atom. The third-order valence-electron chi connectivity index (χ3n) is 8.63. The Morgan fingerprint density at radius 2 is 1.80 bits per heavy atom. The molecule has 0 aliphatic carbocycles. The van der Waals surface area contributed by atoms with Crippen molar-refractivity contribution in [1.82, 2.24) is 25.0 Å². The van der Waals surface area contributed by atoms with Gasteiger partial charge in [0.2, 0.25) is 14.2 Å². The van der Waals surface area contributed by atoms with Crippen molar-refractivity contribution >= 4 is 42.6 Å². The van der Waals surface area contributed by atoms with E-state index in [0.29, 0.717) is 53.3 Å². The van der Waals surface area contributed by atoms with Gasteiger partial charge in [-0.25, -0.2) is 0 Å². The van der Waals surface area contributed by atoms with Gasteiger partial charge >= 0.3 is 0 Å². The molecular weight excluding hydrogens is 620 g/mol. The summed E-state index contributed by atoms with van der Waals surface area (Å²) in [6.45, 7) is 7.23. The van der Waals surface area contributed by atoms with Crippen LogP contribution < -0.4 is 15.2 Å². The van der Waals surface area contributed by atoms with Crippen molar-refractivity contribution in [3.63, 3.8) is 0 Å². The predicted molar refractivity (Wildman–Crippen MR) is 180 cm³/mol. The summed E-state index contributed by atoms with van der Waals surface area (Å²) in [6.07, 6.45) is 0.875. The van der Waals surface area contributed by atoms with Gasteiger partial charge in [0.25, 0.3) is 5.91 Å². The number of amides is 2. The Morgan fingerprint density at radius 3 is 2.50 bits per heavy atom. The SMILES string of the molecule is COc1ccc2c(c1)C(c1ccc(Cl)cc1)=N[C@@H](CC(=O)NCC1CCN(C(=O)c3ccc([Si](C)(C)O)cc3)C1)c1nnc(C)n1-2. The van der Waals surface area contributed by atoms with Gasteiger partial charge in [0.05, 0.1) is 24.9 Å². The summed E-state index contributed by atoms with van der Waals surface area (Å²) < 4.78 is 7.50. The van der Waals surface area contributed by atoms with Crippen LogP contribution in [-0.2, 0) is 4.79 Å². The number of nitrogens with one attached hydrogen (secondary N) is 1. The van der Waals surface area contributed by atoms with Crippen LogP contribution in [0.15, 0.2) is 71.7 Å². The molecule has 46 heavy (non-hydrogen) atoms. The lowest BCUT2D eigenvalue weighted by Crippen LogP contribution is -2.41. The first-order chi connectivity index (χ1) is 22.0. The first kappa shape index (κ1) is 31.7. The number of aromatic nitrogens is 3. The molecule has 4 aromatic rings. The number of carbonyl (C=O) groups excluding carboxylic acids is 2. The smallest absolute Gasteiger partial charge is 0.253 e. The summed E-state index contributed by atoms with van der Waals surface area (Å²) in [5, 5.41) is 13.4. The maximum atomic E-state index is 13.4. The fraction of sp³-hybridized carbons (Fsp3) is 0.324. The van der Waals surface area contributed by atoms with Crippen molar-refractivity contribution in [2.45, 2.75) is 38.9 Å². The maximum absolute atomic E-state index is 13.4. The average Bonchev–Trinajstić information content (AvgIpc) is 3.65. The number of aliphatic imine (C=N–C) groups is 1. The highest BCUT2D eigenvalue weighted by Gasteiger charge is 2.32. The maximum Gasteiger partial charge on any atom is 0.253 e. The van der Waals surface area contributed by atoms with Gasteiger partial charge in [-0.15, -0.1) is 10.2 Å². The molecule has 2 aliphatic heterocycles. The summed E-state index contributed by atoms with van der Waals surface area (Å²) >= 11 is 6.21. The fourth-order valence-corrected chi connectivity index (χ4v) is 7.18. The molecule has 1 saturated heterocycles. The van der Waals surface area contributed by atoms with E-state index in [4.69, 9.17) is 21.3 Å². The average molecular weight is 657 g/mol. The topological polar surface area (TPSA) is 122 Å². The van der Waals surface area contributed by atoms with E-state index in [1.165, 1.54) is 0 Å². The van der Waals surface area contributed by atoms with Gasteiger partial charge in [0, 0.05) is 41.3 Å². The van der Waals surface area contributed by atoms with Gasteiger partial charge < -0.3 is 19.7 Å². The van der Waals surface area contributed by atoms with Crippen LogP contribution in [0.2, 0.25) is 18.1 Å². The quantitative estimate of drug-likeness (QED) is 0.274. The highest BCUT2D eigenvalue weighted by molar-refractivity contribution is 6.83. The Labute approximate surface area is 274 Å². The number of halogens is 1. The molecule has 1 aromatic heterocycles. The number of nitrogens with zero attached hydrogens (tertiary/aromatic N) is 5. The number of carbonyl (C=O) groups is 2. The summed E-state index contributed by atoms with van der Waals surface area (Å²) in [4.78, 5) is 43.9. The molecule has 10 nitrogen and oxygen atoms in total. The van der Waals surface area contributed by atoms with Crippen LogP contribution in [0.4, 0.5) is 0 Å². The molecule has 2 amide bonds. The van der Waals surface area contributed by atoms with Gasteiger partial charge in [-0.1, -0.05) is 35.9 Å². The number of methoxy groups -OCH3 is 1. The normalized spacial score (nSPS) is 17.5. The monoisotopic (exact) mass is 656 g/mol. The largest absolute Gasteiger partial charge is 0.497 e. The van der Waals surface area contributed by atoms with E-state index < -0.39 is 14.4 Å². The van der Waals surface area contributed by atoms with Crippen LogP contribution in [0.1, 0.15) is 52.0 Å². The number of likely N-dealkylation sites (tertiary alicyclic amines) is 1. The summed E-state index contributed by atoms with van der Waals surface area (Å²) in [5.41, 5.74) is 3.85. The standard InChI is InChI=1S/C34H37ClN6O4Si/c1-21-38-39-33-29(37-32(23-5-9-25(35)10-6-23)28-17-26(45-2)11-14-30(28)41(21)33)18-31(42)36-19-22-15-16-40(20-22)34(43)24-7-12-27(13-8-24)46(3,4)44/h5-14,17,22,29,44H,15-16,18-20H2,1-4H3,(H,36,42)/t22?,29-/m0/s1. The van der Waals surface area contributed by atoms with Crippen molar-refractivity contribution < 1.29 is 19.1 Å². The number of fused-ring (bicyclic) bond motifs is 3. The molecule has 12 heteroatoms. The second kappa shape index (κ2) is 12.8. The van der Waals surface area contributed by atoms with Crippen molar-refractivity contribution in [3.05, 3.63) is 100 Å². The van der Waals surface area contributed by atoms with Crippen LogP contribution in [-0.4, -0.2) is 77.0 Å². The molecule has 0 spiro atoms. The van der Waals surface area contributed by atoms with Crippen LogP contribution >= 0.6 is 11.6 Å². The molecule has 1 unspecified atom stereocenters. The number of hydrogen-bond acceptors (Lipinski definition) is 7. The zero-order chi connectivity index (χ0) is 32.6. The Kier molecular flexibility index (Phi) is 8.82. The van der Waals surface area contributed by atoms with Crippen LogP contribution in [0.3, 0.4) is 0 Å². The van der Waals surface area contributed by atoms with Crippen LogP contribution in [0.5, 0.6) is 5.75 Å². The molecule has 0 bridgehead atoms. The molecule has 3 aromatic carbocycles. The molecular formula is C34H37ClN6O4Si. The van der Waals surface area contributed by atoms with E-state index in [-0.39, 0.29) is 24.2 Å². The van der Waals surface area contributed by atoms with Gasteiger partial charge in [0.1, 0.15) is 17.6 Å². The van der Waals surface area contributed by atoms with E-state index in [1.807, 2.05) is 84.1 Å². The zero-order valence-corrected chi connectivity index (χ0v) is 28.1. The lowest BCUT2D eigenvalue weighted by atomic mass is 10.00. The minimum Gasteiger partial charge on any atom is -0.497 e. The second-order valence-corrected chi connectivity index (χ2v) is 16.5. The van der Waals surface area contributed by atoms with Crippen LogP contribution in [0, 0.1) is 12.8 Å². The third-order valence-corrected chi connectivity index (χ3v) is 10.6. The minimum absolute atomic E-state index is 0.0359. The third kappa shape index (κ3) is 6.48. The van der Waals surface area contributed by atoms with Gasteiger partial charge in [0.15, 0.2) is 5.82 Å². The molecule has 1 fully saturated rings. The van der Waals surface area contributed by atoms with Gasteiger partial charge in [-0.2, -0.15) is 0 Å². The van der Waals surface area contributed by atoms with E-state index in [0.717, 1.165) is 28.4 Å². The molecule has 6 rings (SSSR count). The lowest BCUT2D eigenvalue weighted by Gasteiger charge is -2.19. The number of benzene rings is 3. The summed E-state index contributed by atoms with van der Waals surface area (Å²) in [7, 11) is -0.806. The van der Waals surface area contributed by atoms with E-state index in [2.05, 4.69) is 15.5 Å². The molecule has 238 valence electrons. The molecule has 2 N–H and O–H groups in total. The van der Waals surface area contributed by atoms with E-state index in [1.54, 1.807) is 19.2 Å². The zero-order valence-electron chi connectivity index (χ0n) is 26.3. The Balaban J connectivity index is 1.18. The van der Waals surface area contributed by atoms with Crippen molar-refractivity contribution in [2.75, 3.05) is 26.7 Å². The lowest BCUT2D eigenvalue weighted by molar-refractivity contribution is -0.121. The van der Waals surface area contributed by atoms with Crippen molar-refractivity contribution in [3.8, 4) is 11.4 Å². The Hall–Kier alpha value is -4.32. The molecule has 3 heterocycles. The molecule has 2 aliphatic rings. The molecule has 2 atom stereocenters. The van der Waals surface area contributed by atoms with Gasteiger partial charge in [-0.3, -0.25) is 19.1 Å². The van der Waals surface area contributed by atoms with Crippen molar-refractivity contribution in [2.24, 2.45) is 10.9 Å². The fourth-order valence-electron chi connectivity index (χ4n) is 6.07. The van der Waals surface area contributed by atoms with Crippen molar-refractivity contribution in [1.29, 1.82) is 0 Å². The minimum atomic E-state index is -2.43. The van der Waals surface area contributed by atoms with E-state index in [9.17, 15) is 14.4 Å². The highest BCUT2D eigenvalue weighted by Crippen LogP contribution is 2.34. The first-order valence-corrected chi connectivity index (χ1v) is 18.7. The molecule has 0 saturated carbocycles.